The number of hydrogen-bond acceptors (Lipinski definition) is 4. The molecule has 0 bridgehead atoms. The van der Waals surface area contributed by atoms with Crippen LogP contribution in [0.2, 0.25) is 0 Å². The minimum atomic E-state index is -0.729. The van der Waals surface area contributed by atoms with E-state index in [9.17, 15) is 9.18 Å². The van der Waals surface area contributed by atoms with Crippen molar-refractivity contribution in [2.24, 2.45) is 0 Å². The number of para-hydroxylation sites is 1. The molecular formula is C18H21FN2O2S. The van der Waals surface area contributed by atoms with Crippen LogP contribution in [0.4, 0.5) is 4.39 Å². The number of nitrogens with zero attached hydrogens (tertiary/aromatic N) is 1. The number of halogens is 1. The second kappa shape index (κ2) is 7.77. The van der Waals surface area contributed by atoms with E-state index in [0.29, 0.717) is 0 Å². The van der Waals surface area contributed by atoms with E-state index in [1.54, 1.807) is 30.4 Å². The molecule has 1 N–H and O–H groups in total. The van der Waals surface area contributed by atoms with Gasteiger partial charge in [-0.05, 0) is 47.9 Å². The third-order valence-corrected chi connectivity index (χ3v) is 4.85. The second-order valence-electron chi connectivity index (χ2n) is 6.05. The van der Waals surface area contributed by atoms with E-state index in [-0.39, 0.29) is 17.7 Å². The molecule has 2 atom stereocenters. The van der Waals surface area contributed by atoms with E-state index in [2.05, 4.69) is 27.0 Å². The van der Waals surface area contributed by atoms with E-state index in [1.807, 2.05) is 0 Å². The number of benzene rings is 1. The van der Waals surface area contributed by atoms with Crippen molar-refractivity contribution in [2.45, 2.75) is 32.0 Å². The van der Waals surface area contributed by atoms with Crippen LogP contribution in [0.3, 0.4) is 0 Å². The number of ether oxygens (including phenoxy) is 1. The van der Waals surface area contributed by atoms with Crippen molar-refractivity contribution in [1.82, 2.24) is 10.2 Å². The Balaban J connectivity index is 1.47. The Morgan fingerprint density at radius 2 is 2.29 bits per heavy atom. The fourth-order valence-electron chi connectivity index (χ4n) is 2.84. The molecule has 1 aliphatic rings. The van der Waals surface area contributed by atoms with Gasteiger partial charge in [0.15, 0.2) is 17.7 Å². The summed E-state index contributed by atoms with van der Waals surface area (Å²) in [5.74, 6) is -0.564. The van der Waals surface area contributed by atoms with Gasteiger partial charge in [0.1, 0.15) is 0 Å². The van der Waals surface area contributed by atoms with Crippen molar-refractivity contribution in [3.8, 4) is 5.75 Å². The summed E-state index contributed by atoms with van der Waals surface area (Å²) in [4.78, 5) is 14.6. The number of nitrogens with one attached hydrogen (secondary N) is 1. The molecule has 2 heterocycles. The Hall–Kier alpha value is -1.92. The van der Waals surface area contributed by atoms with E-state index in [0.717, 1.165) is 26.1 Å². The summed E-state index contributed by atoms with van der Waals surface area (Å²) >= 11 is 1.70. The maximum absolute atomic E-state index is 13.6. The fraction of sp³-hybridized carbons (Fsp3) is 0.389. The number of likely N-dealkylation sites (tertiary alicyclic amines) is 1. The van der Waals surface area contributed by atoms with Crippen molar-refractivity contribution < 1.29 is 13.9 Å². The molecule has 24 heavy (non-hydrogen) atoms. The first-order chi connectivity index (χ1) is 11.6. The van der Waals surface area contributed by atoms with Gasteiger partial charge in [0.2, 0.25) is 0 Å². The maximum Gasteiger partial charge on any atom is 0.261 e. The zero-order valence-corrected chi connectivity index (χ0v) is 14.4. The number of amides is 1. The molecule has 1 amide bonds. The van der Waals surface area contributed by atoms with Gasteiger partial charge in [-0.25, -0.2) is 4.39 Å². The van der Waals surface area contributed by atoms with Gasteiger partial charge < -0.3 is 10.1 Å². The number of rotatable bonds is 6. The summed E-state index contributed by atoms with van der Waals surface area (Å²) in [6.45, 7) is 4.34. The van der Waals surface area contributed by atoms with Crippen LogP contribution in [0.5, 0.6) is 5.75 Å². The van der Waals surface area contributed by atoms with Crippen molar-refractivity contribution in [3.63, 3.8) is 0 Å². The number of thiophene rings is 1. The molecule has 1 aromatic carbocycles. The predicted octanol–water partition coefficient (Wildman–Crippen LogP) is 3.05. The molecule has 3 rings (SSSR count). The van der Waals surface area contributed by atoms with Gasteiger partial charge in [0, 0.05) is 25.7 Å². The highest BCUT2D eigenvalue weighted by atomic mass is 32.1. The monoisotopic (exact) mass is 348 g/mol. The predicted molar refractivity (Wildman–Crippen MR) is 92.6 cm³/mol. The Labute approximate surface area is 145 Å². The quantitative estimate of drug-likeness (QED) is 0.872. The van der Waals surface area contributed by atoms with Crippen LogP contribution < -0.4 is 10.1 Å². The van der Waals surface area contributed by atoms with Crippen LogP contribution in [0.15, 0.2) is 41.1 Å². The zero-order valence-electron chi connectivity index (χ0n) is 13.6. The first-order valence-corrected chi connectivity index (χ1v) is 9.01. The molecule has 1 saturated heterocycles. The zero-order chi connectivity index (χ0) is 16.9. The van der Waals surface area contributed by atoms with Crippen LogP contribution in [0.1, 0.15) is 18.9 Å². The van der Waals surface area contributed by atoms with E-state index < -0.39 is 11.9 Å². The lowest BCUT2D eigenvalue weighted by Gasteiger charge is -2.19. The van der Waals surface area contributed by atoms with Gasteiger partial charge >= 0.3 is 0 Å². The Morgan fingerprint density at radius 3 is 3.04 bits per heavy atom. The molecule has 0 aliphatic carbocycles. The van der Waals surface area contributed by atoms with Crippen LogP contribution in [0.25, 0.3) is 0 Å². The summed E-state index contributed by atoms with van der Waals surface area (Å²) in [5.41, 5.74) is 1.31. The van der Waals surface area contributed by atoms with E-state index >= 15 is 0 Å². The average Bonchev–Trinajstić information content (AvgIpc) is 3.22. The average molecular weight is 348 g/mol. The summed E-state index contributed by atoms with van der Waals surface area (Å²) in [7, 11) is 0. The van der Waals surface area contributed by atoms with Crippen molar-refractivity contribution in [1.29, 1.82) is 0 Å². The molecule has 0 saturated carbocycles. The van der Waals surface area contributed by atoms with E-state index in [4.69, 9.17) is 4.74 Å². The molecule has 2 aromatic rings. The highest BCUT2D eigenvalue weighted by Gasteiger charge is 2.26. The SMILES string of the molecule is CC(Oc1ccccc1F)C(=O)NC1CCN(Cc2ccsc2)C1. The molecule has 0 radical (unpaired) electrons. The molecule has 0 spiro atoms. The lowest BCUT2D eigenvalue weighted by Crippen LogP contribution is -2.43. The van der Waals surface area contributed by atoms with Crippen LogP contribution >= 0.6 is 11.3 Å². The van der Waals surface area contributed by atoms with Gasteiger partial charge in [-0.3, -0.25) is 9.69 Å². The van der Waals surface area contributed by atoms with Crippen molar-refractivity contribution in [3.05, 3.63) is 52.5 Å². The van der Waals surface area contributed by atoms with Gasteiger partial charge in [0.25, 0.3) is 5.91 Å². The van der Waals surface area contributed by atoms with Crippen LogP contribution in [-0.4, -0.2) is 36.0 Å². The topological polar surface area (TPSA) is 41.6 Å². The number of hydrogen-bond donors (Lipinski definition) is 1. The van der Waals surface area contributed by atoms with Gasteiger partial charge in [-0.15, -0.1) is 0 Å². The minimum absolute atomic E-state index is 0.102. The minimum Gasteiger partial charge on any atom is -0.478 e. The molecule has 4 nitrogen and oxygen atoms in total. The van der Waals surface area contributed by atoms with E-state index in [1.165, 1.54) is 17.7 Å². The number of carbonyl (C=O) groups is 1. The molecule has 128 valence electrons. The largest absolute Gasteiger partial charge is 0.478 e. The van der Waals surface area contributed by atoms with Crippen molar-refractivity contribution in [2.75, 3.05) is 13.1 Å². The lowest BCUT2D eigenvalue weighted by atomic mass is 10.2. The van der Waals surface area contributed by atoms with Gasteiger partial charge in [0.05, 0.1) is 0 Å². The van der Waals surface area contributed by atoms with Crippen LogP contribution in [-0.2, 0) is 11.3 Å². The Kier molecular flexibility index (Phi) is 5.48. The first kappa shape index (κ1) is 16.9. The molecule has 6 heteroatoms. The second-order valence-corrected chi connectivity index (χ2v) is 6.83. The molecule has 1 fully saturated rings. The van der Waals surface area contributed by atoms with Gasteiger partial charge in [-0.2, -0.15) is 11.3 Å². The first-order valence-electron chi connectivity index (χ1n) is 8.07. The fourth-order valence-corrected chi connectivity index (χ4v) is 3.50. The lowest BCUT2D eigenvalue weighted by molar-refractivity contribution is -0.128. The Bertz CT molecular complexity index is 677. The standard InChI is InChI=1S/C18H21FN2O2S/c1-13(23-17-5-3-2-4-16(17)19)18(22)20-15-6-8-21(11-15)10-14-7-9-24-12-14/h2-5,7,9,12-13,15H,6,8,10-11H2,1H3,(H,20,22). The molecular weight excluding hydrogens is 327 g/mol. The van der Waals surface area contributed by atoms with Crippen molar-refractivity contribution >= 4 is 17.2 Å². The summed E-state index contributed by atoms with van der Waals surface area (Å²) in [6.07, 6.45) is 0.190. The third kappa shape index (κ3) is 4.33. The maximum atomic E-state index is 13.6. The Morgan fingerprint density at radius 1 is 1.46 bits per heavy atom. The third-order valence-electron chi connectivity index (χ3n) is 4.11. The summed E-state index contributed by atoms with van der Waals surface area (Å²) < 4.78 is 19.0. The highest BCUT2D eigenvalue weighted by molar-refractivity contribution is 7.07. The molecule has 2 unspecified atom stereocenters. The smallest absolute Gasteiger partial charge is 0.261 e. The normalized spacial score (nSPS) is 19.2. The molecule has 1 aromatic heterocycles. The summed E-state index contributed by atoms with van der Waals surface area (Å²) in [6, 6.07) is 8.36. The molecule has 1 aliphatic heterocycles. The van der Waals surface area contributed by atoms with Crippen LogP contribution in [0, 0.1) is 5.82 Å². The highest BCUT2D eigenvalue weighted by Crippen LogP contribution is 2.18. The van der Waals surface area contributed by atoms with Gasteiger partial charge in [-0.1, -0.05) is 12.1 Å². The number of carbonyl (C=O) groups excluding carboxylic acids is 1. The summed E-state index contributed by atoms with van der Waals surface area (Å²) in [5, 5.41) is 7.23.